The number of hydrogen-bond acceptors (Lipinski definition) is 4. The molecule has 2 aromatic carbocycles. The highest BCUT2D eigenvalue weighted by Gasteiger charge is 2.12. The highest BCUT2D eigenvalue weighted by Crippen LogP contribution is 2.23. The second-order valence-corrected chi connectivity index (χ2v) is 6.41. The highest BCUT2D eigenvalue weighted by atomic mass is 16.5. The molecule has 0 unspecified atom stereocenters. The lowest BCUT2D eigenvalue weighted by Gasteiger charge is -2.10. The maximum Gasteiger partial charge on any atom is 0.255 e. The standard InChI is InChI=1S/C20H24N2O4/c1-13(2)9-19(24)22-15-6-4-5-14(10-15)12-21-20(25)17-8-7-16(26-3)11-18(17)23/h4-8,10-11,13,23H,9,12H2,1-3H3,(H,21,25)(H,22,24). The van der Waals surface area contributed by atoms with Crippen molar-refractivity contribution >= 4 is 17.5 Å². The second-order valence-electron chi connectivity index (χ2n) is 6.41. The summed E-state index contributed by atoms with van der Waals surface area (Å²) in [6.07, 6.45) is 0.456. The molecule has 26 heavy (non-hydrogen) atoms. The van der Waals surface area contributed by atoms with Gasteiger partial charge in [-0.2, -0.15) is 0 Å². The van der Waals surface area contributed by atoms with Crippen LogP contribution in [-0.4, -0.2) is 24.0 Å². The summed E-state index contributed by atoms with van der Waals surface area (Å²) in [5.74, 6) is 0.193. The molecular formula is C20H24N2O4. The van der Waals surface area contributed by atoms with Crippen molar-refractivity contribution in [3.05, 3.63) is 53.6 Å². The number of aromatic hydroxyl groups is 1. The molecule has 0 aliphatic rings. The largest absolute Gasteiger partial charge is 0.507 e. The first-order valence-corrected chi connectivity index (χ1v) is 8.43. The molecule has 2 amide bonds. The van der Waals surface area contributed by atoms with Crippen molar-refractivity contribution in [2.75, 3.05) is 12.4 Å². The molecular weight excluding hydrogens is 332 g/mol. The predicted molar refractivity (Wildman–Crippen MR) is 100 cm³/mol. The average molecular weight is 356 g/mol. The Kier molecular flexibility index (Phi) is 6.60. The first-order chi connectivity index (χ1) is 12.4. The molecule has 0 aliphatic heterocycles. The first-order valence-electron chi connectivity index (χ1n) is 8.43. The fourth-order valence-electron chi connectivity index (χ4n) is 2.45. The van der Waals surface area contributed by atoms with Gasteiger partial charge in [0.05, 0.1) is 12.7 Å². The third-order valence-corrected chi connectivity index (χ3v) is 3.71. The number of ether oxygens (including phenoxy) is 1. The molecule has 6 nitrogen and oxygen atoms in total. The molecule has 138 valence electrons. The van der Waals surface area contributed by atoms with E-state index in [0.717, 1.165) is 5.56 Å². The maximum atomic E-state index is 12.2. The van der Waals surface area contributed by atoms with Crippen LogP contribution >= 0.6 is 0 Å². The molecule has 3 N–H and O–H groups in total. The van der Waals surface area contributed by atoms with Gasteiger partial charge in [0, 0.05) is 24.7 Å². The van der Waals surface area contributed by atoms with Crippen LogP contribution in [0.2, 0.25) is 0 Å². The average Bonchev–Trinajstić information content (AvgIpc) is 2.59. The molecule has 0 spiro atoms. The van der Waals surface area contributed by atoms with Crippen molar-refractivity contribution in [2.45, 2.75) is 26.8 Å². The van der Waals surface area contributed by atoms with Gasteiger partial charge in [-0.3, -0.25) is 9.59 Å². The predicted octanol–water partition coefficient (Wildman–Crippen LogP) is 3.32. The molecule has 0 saturated heterocycles. The number of anilines is 1. The number of benzene rings is 2. The number of hydrogen-bond donors (Lipinski definition) is 3. The fraction of sp³-hybridized carbons (Fsp3) is 0.300. The van der Waals surface area contributed by atoms with Crippen molar-refractivity contribution in [1.82, 2.24) is 5.32 Å². The lowest BCUT2D eigenvalue weighted by atomic mass is 10.1. The Hall–Kier alpha value is -3.02. The van der Waals surface area contributed by atoms with Gasteiger partial charge in [-0.05, 0) is 35.7 Å². The van der Waals surface area contributed by atoms with Crippen LogP contribution < -0.4 is 15.4 Å². The minimum Gasteiger partial charge on any atom is -0.507 e. The topological polar surface area (TPSA) is 87.7 Å². The normalized spacial score (nSPS) is 10.5. The summed E-state index contributed by atoms with van der Waals surface area (Å²) in [6, 6.07) is 11.8. The molecule has 2 rings (SSSR count). The quantitative estimate of drug-likeness (QED) is 0.710. The molecule has 0 fully saturated rings. The summed E-state index contributed by atoms with van der Waals surface area (Å²) >= 11 is 0. The third kappa shape index (κ3) is 5.51. The summed E-state index contributed by atoms with van der Waals surface area (Å²) in [4.78, 5) is 24.1. The van der Waals surface area contributed by atoms with E-state index in [0.29, 0.717) is 17.9 Å². The minimum atomic E-state index is -0.389. The number of methoxy groups -OCH3 is 1. The molecule has 0 bridgehead atoms. The van der Waals surface area contributed by atoms with Gasteiger partial charge in [0.25, 0.3) is 5.91 Å². The van der Waals surface area contributed by atoms with E-state index in [-0.39, 0.29) is 35.6 Å². The van der Waals surface area contributed by atoms with Gasteiger partial charge in [0.2, 0.25) is 5.91 Å². The van der Waals surface area contributed by atoms with Crippen LogP contribution in [-0.2, 0) is 11.3 Å². The van der Waals surface area contributed by atoms with Gasteiger partial charge in [0.1, 0.15) is 11.5 Å². The molecule has 0 saturated carbocycles. The lowest BCUT2D eigenvalue weighted by molar-refractivity contribution is -0.116. The number of carbonyl (C=O) groups excluding carboxylic acids is 2. The molecule has 0 heterocycles. The zero-order valence-corrected chi connectivity index (χ0v) is 15.2. The fourth-order valence-corrected chi connectivity index (χ4v) is 2.45. The molecule has 0 aromatic heterocycles. The highest BCUT2D eigenvalue weighted by molar-refractivity contribution is 5.97. The van der Waals surface area contributed by atoms with Gasteiger partial charge >= 0.3 is 0 Å². The van der Waals surface area contributed by atoms with E-state index >= 15 is 0 Å². The summed E-state index contributed by atoms with van der Waals surface area (Å²) < 4.78 is 5.00. The van der Waals surface area contributed by atoms with Gasteiger partial charge < -0.3 is 20.5 Å². The Labute approximate surface area is 153 Å². The number of rotatable bonds is 7. The number of nitrogens with one attached hydrogen (secondary N) is 2. The van der Waals surface area contributed by atoms with Crippen LogP contribution in [0.5, 0.6) is 11.5 Å². The molecule has 0 aliphatic carbocycles. The monoisotopic (exact) mass is 356 g/mol. The van der Waals surface area contributed by atoms with E-state index in [1.807, 2.05) is 32.0 Å². The number of phenolic OH excluding ortho intramolecular Hbond substituents is 1. The van der Waals surface area contributed by atoms with Crippen LogP contribution in [0.3, 0.4) is 0 Å². The smallest absolute Gasteiger partial charge is 0.255 e. The Bertz CT molecular complexity index is 787. The van der Waals surface area contributed by atoms with Crippen LogP contribution in [0.4, 0.5) is 5.69 Å². The van der Waals surface area contributed by atoms with Crippen molar-refractivity contribution < 1.29 is 19.4 Å². The van der Waals surface area contributed by atoms with Gasteiger partial charge in [-0.1, -0.05) is 26.0 Å². The minimum absolute atomic E-state index is 0.0376. The zero-order chi connectivity index (χ0) is 19.1. The van der Waals surface area contributed by atoms with E-state index in [1.54, 1.807) is 12.1 Å². The van der Waals surface area contributed by atoms with Crippen molar-refractivity contribution in [3.63, 3.8) is 0 Å². The molecule has 0 atom stereocenters. The van der Waals surface area contributed by atoms with Gasteiger partial charge in [-0.25, -0.2) is 0 Å². The number of phenols is 1. The number of carbonyl (C=O) groups is 2. The zero-order valence-electron chi connectivity index (χ0n) is 15.2. The molecule has 6 heteroatoms. The van der Waals surface area contributed by atoms with E-state index < -0.39 is 0 Å². The van der Waals surface area contributed by atoms with Crippen LogP contribution in [0, 0.1) is 5.92 Å². The van der Waals surface area contributed by atoms with Crippen LogP contribution in [0.15, 0.2) is 42.5 Å². The van der Waals surface area contributed by atoms with E-state index in [1.165, 1.54) is 19.2 Å². The Morgan fingerprint density at radius 2 is 1.92 bits per heavy atom. The summed E-state index contributed by atoms with van der Waals surface area (Å²) in [5, 5.41) is 15.5. The van der Waals surface area contributed by atoms with E-state index in [9.17, 15) is 14.7 Å². The van der Waals surface area contributed by atoms with Crippen molar-refractivity contribution in [3.8, 4) is 11.5 Å². The van der Waals surface area contributed by atoms with E-state index in [4.69, 9.17) is 4.74 Å². The Balaban J connectivity index is 1.98. The SMILES string of the molecule is COc1ccc(C(=O)NCc2cccc(NC(=O)CC(C)C)c2)c(O)c1. The third-order valence-electron chi connectivity index (χ3n) is 3.71. The number of amides is 2. The lowest BCUT2D eigenvalue weighted by Crippen LogP contribution is -2.23. The van der Waals surface area contributed by atoms with Gasteiger partial charge in [0.15, 0.2) is 0 Å². The maximum absolute atomic E-state index is 12.2. The first kappa shape index (κ1) is 19.3. The van der Waals surface area contributed by atoms with Crippen LogP contribution in [0.25, 0.3) is 0 Å². The van der Waals surface area contributed by atoms with Crippen molar-refractivity contribution in [2.24, 2.45) is 5.92 Å². The summed E-state index contributed by atoms with van der Waals surface area (Å²) in [5.41, 5.74) is 1.70. The van der Waals surface area contributed by atoms with Crippen molar-refractivity contribution in [1.29, 1.82) is 0 Å². The second kappa shape index (κ2) is 8.89. The molecule has 2 aromatic rings. The van der Waals surface area contributed by atoms with E-state index in [2.05, 4.69) is 10.6 Å². The summed E-state index contributed by atoms with van der Waals surface area (Å²) in [6.45, 7) is 4.25. The Morgan fingerprint density at radius 3 is 2.58 bits per heavy atom. The van der Waals surface area contributed by atoms with Gasteiger partial charge in [-0.15, -0.1) is 0 Å². The molecule has 0 radical (unpaired) electrons. The van der Waals surface area contributed by atoms with Crippen LogP contribution in [0.1, 0.15) is 36.2 Å². The Morgan fingerprint density at radius 1 is 1.15 bits per heavy atom. The summed E-state index contributed by atoms with van der Waals surface area (Å²) in [7, 11) is 1.49.